The number of ether oxygens (including phenoxy) is 2. The standard InChI is InChI=1S/C21H18BrFN2O4/c1-13-17(7-8-28-13)21(26)25-24-11-15-9-18(22)20(19(10-15)27-2)29-12-14-3-5-16(23)6-4-14/h3-11H,12H2,1-2H3,(H,25,26). The Bertz CT molecular complexity index is 1030. The molecular weight excluding hydrogens is 443 g/mol. The van der Waals surface area contributed by atoms with Crippen LogP contribution in [0.3, 0.4) is 0 Å². The molecule has 0 bridgehead atoms. The Kier molecular flexibility index (Phi) is 6.66. The molecule has 0 atom stereocenters. The maximum atomic E-state index is 13.0. The van der Waals surface area contributed by atoms with E-state index in [-0.39, 0.29) is 18.3 Å². The van der Waals surface area contributed by atoms with Gasteiger partial charge in [-0.15, -0.1) is 0 Å². The van der Waals surface area contributed by atoms with E-state index in [0.717, 1.165) is 5.56 Å². The van der Waals surface area contributed by atoms with Gasteiger partial charge in [0.1, 0.15) is 18.2 Å². The molecule has 29 heavy (non-hydrogen) atoms. The van der Waals surface area contributed by atoms with Gasteiger partial charge < -0.3 is 13.9 Å². The second-order valence-electron chi connectivity index (χ2n) is 6.04. The number of furan rings is 1. The van der Waals surface area contributed by atoms with Crippen molar-refractivity contribution in [1.82, 2.24) is 5.43 Å². The maximum Gasteiger partial charge on any atom is 0.274 e. The van der Waals surface area contributed by atoms with E-state index in [4.69, 9.17) is 13.9 Å². The first-order valence-electron chi connectivity index (χ1n) is 8.60. The maximum absolute atomic E-state index is 13.0. The number of hydrazone groups is 1. The summed E-state index contributed by atoms with van der Waals surface area (Å²) in [6, 6.07) is 11.1. The molecule has 1 N–H and O–H groups in total. The molecule has 3 rings (SSSR count). The lowest BCUT2D eigenvalue weighted by Crippen LogP contribution is -2.17. The lowest BCUT2D eigenvalue weighted by Gasteiger charge is -2.13. The lowest BCUT2D eigenvalue weighted by atomic mass is 10.2. The molecule has 1 aromatic heterocycles. The van der Waals surface area contributed by atoms with E-state index in [1.165, 1.54) is 31.7 Å². The van der Waals surface area contributed by atoms with Crippen LogP contribution in [-0.2, 0) is 6.61 Å². The van der Waals surface area contributed by atoms with Crippen LogP contribution in [0, 0.1) is 12.7 Å². The minimum Gasteiger partial charge on any atom is -0.493 e. The number of carbonyl (C=O) groups is 1. The van der Waals surface area contributed by atoms with Gasteiger partial charge in [-0.2, -0.15) is 5.10 Å². The predicted molar refractivity (Wildman–Crippen MR) is 110 cm³/mol. The van der Waals surface area contributed by atoms with E-state index in [1.54, 1.807) is 37.3 Å². The number of benzene rings is 2. The highest BCUT2D eigenvalue weighted by Crippen LogP contribution is 2.36. The van der Waals surface area contributed by atoms with E-state index in [2.05, 4.69) is 26.5 Å². The van der Waals surface area contributed by atoms with E-state index >= 15 is 0 Å². The third kappa shape index (κ3) is 5.23. The van der Waals surface area contributed by atoms with Crippen molar-refractivity contribution in [3.8, 4) is 11.5 Å². The molecule has 0 aliphatic heterocycles. The number of nitrogens with one attached hydrogen (secondary N) is 1. The molecule has 150 valence electrons. The average molecular weight is 461 g/mol. The SMILES string of the molecule is COc1cc(C=NNC(=O)c2ccoc2C)cc(Br)c1OCc1ccc(F)cc1. The lowest BCUT2D eigenvalue weighted by molar-refractivity contribution is 0.0953. The summed E-state index contributed by atoms with van der Waals surface area (Å²) < 4.78 is 30.0. The van der Waals surface area contributed by atoms with Crippen LogP contribution < -0.4 is 14.9 Å². The normalized spacial score (nSPS) is 10.9. The first-order valence-corrected chi connectivity index (χ1v) is 9.39. The second-order valence-corrected chi connectivity index (χ2v) is 6.89. The van der Waals surface area contributed by atoms with Gasteiger partial charge in [0.15, 0.2) is 11.5 Å². The first-order chi connectivity index (χ1) is 14.0. The fourth-order valence-corrected chi connectivity index (χ4v) is 3.11. The highest BCUT2D eigenvalue weighted by molar-refractivity contribution is 9.10. The average Bonchev–Trinajstić information content (AvgIpc) is 3.14. The summed E-state index contributed by atoms with van der Waals surface area (Å²) in [4.78, 5) is 12.0. The Balaban J connectivity index is 1.69. The number of aryl methyl sites for hydroxylation is 1. The molecule has 0 unspecified atom stereocenters. The number of halogens is 2. The van der Waals surface area contributed by atoms with Gasteiger partial charge in [-0.3, -0.25) is 4.79 Å². The molecule has 2 aromatic carbocycles. The molecule has 3 aromatic rings. The summed E-state index contributed by atoms with van der Waals surface area (Å²) in [5.74, 6) is 0.848. The zero-order chi connectivity index (χ0) is 20.8. The molecule has 6 nitrogen and oxygen atoms in total. The van der Waals surface area contributed by atoms with Crippen molar-refractivity contribution in [2.75, 3.05) is 7.11 Å². The number of amides is 1. The van der Waals surface area contributed by atoms with Gasteiger partial charge in [0, 0.05) is 0 Å². The third-order valence-corrected chi connectivity index (χ3v) is 4.62. The van der Waals surface area contributed by atoms with Crippen LogP contribution in [0.25, 0.3) is 0 Å². The molecule has 0 radical (unpaired) electrons. The second kappa shape index (κ2) is 9.38. The molecule has 1 heterocycles. The molecule has 0 aliphatic carbocycles. The Labute approximate surface area is 175 Å². The smallest absolute Gasteiger partial charge is 0.274 e. The Morgan fingerprint density at radius 1 is 1.28 bits per heavy atom. The van der Waals surface area contributed by atoms with Crippen molar-refractivity contribution >= 4 is 28.1 Å². The molecule has 0 spiro atoms. The van der Waals surface area contributed by atoms with Crippen LogP contribution in [-0.4, -0.2) is 19.2 Å². The summed E-state index contributed by atoms with van der Waals surface area (Å²) >= 11 is 3.46. The summed E-state index contributed by atoms with van der Waals surface area (Å²) in [6.07, 6.45) is 2.94. The summed E-state index contributed by atoms with van der Waals surface area (Å²) in [7, 11) is 1.52. The van der Waals surface area contributed by atoms with Crippen LogP contribution in [0.5, 0.6) is 11.5 Å². The summed E-state index contributed by atoms with van der Waals surface area (Å²) in [5.41, 5.74) is 4.38. The number of nitrogens with zero attached hydrogens (tertiary/aromatic N) is 1. The number of carbonyl (C=O) groups excluding carboxylic acids is 1. The summed E-state index contributed by atoms with van der Waals surface area (Å²) in [6.45, 7) is 1.95. The van der Waals surface area contributed by atoms with E-state index in [0.29, 0.717) is 32.9 Å². The number of hydrogen-bond acceptors (Lipinski definition) is 5. The van der Waals surface area contributed by atoms with Gasteiger partial charge in [-0.05, 0) is 64.3 Å². The largest absolute Gasteiger partial charge is 0.493 e. The monoisotopic (exact) mass is 460 g/mol. The van der Waals surface area contributed by atoms with Crippen molar-refractivity contribution in [2.45, 2.75) is 13.5 Å². The highest BCUT2D eigenvalue weighted by Gasteiger charge is 2.13. The third-order valence-electron chi connectivity index (χ3n) is 4.03. The van der Waals surface area contributed by atoms with Crippen molar-refractivity contribution in [2.24, 2.45) is 5.10 Å². The van der Waals surface area contributed by atoms with E-state index in [9.17, 15) is 9.18 Å². The van der Waals surface area contributed by atoms with Crippen molar-refractivity contribution in [3.05, 3.63) is 81.5 Å². The molecule has 1 amide bonds. The van der Waals surface area contributed by atoms with Gasteiger partial charge in [0.2, 0.25) is 0 Å². The summed E-state index contributed by atoms with van der Waals surface area (Å²) in [5, 5.41) is 3.97. The van der Waals surface area contributed by atoms with Crippen LogP contribution in [0.4, 0.5) is 4.39 Å². The van der Waals surface area contributed by atoms with Crippen molar-refractivity contribution in [1.29, 1.82) is 0 Å². The fourth-order valence-electron chi connectivity index (χ4n) is 2.54. The quantitative estimate of drug-likeness (QED) is 0.404. The molecule has 0 saturated heterocycles. The predicted octanol–water partition coefficient (Wildman–Crippen LogP) is 4.84. The van der Waals surface area contributed by atoms with Gasteiger partial charge >= 0.3 is 0 Å². The van der Waals surface area contributed by atoms with E-state index < -0.39 is 0 Å². The molecule has 8 heteroatoms. The van der Waals surface area contributed by atoms with Gasteiger partial charge in [-0.1, -0.05) is 12.1 Å². The van der Waals surface area contributed by atoms with E-state index in [1.807, 2.05) is 0 Å². The highest BCUT2D eigenvalue weighted by atomic mass is 79.9. The van der Waals surface area contributed by atoms with Crippen LogP contribution in [0.2, 0.25) is 0 Å². The Morgan fingerprint density at radius 3 is 2.69 bits per heavy atom. The number of rotatable bonds is 7. The Hall–Kier alpha value is -3.13. The van der Waals surface area contributed by atoms with Crippen LogP contribution in [0.1, 0.15) is 27.2 Å². The van der Waals surface area contributed by atoms with Gasteiger partial charge in [-0.25, -0.2) is 9.82 Å². The molecule has 0 aliphatic rings. The minimum absolute atomic E-state index is 0.253. The zero-order valence-corrected chi connectivity index (χ0v) is 17.3. The van der Waals surface area contributed by atoms with Crippen molar-refractivity contribution < 1.29 is 23.1 Å². The fraction of sp³-hybridized carbons (Fsp3) is 0.143. The first kappa shape index (κ1) is 20.6. The van der Waals surface area contributed by atoms with Crippen LogP contribution in [0.15, 0.2) is 62.7 Å². The number of methoxy groups -OCH3 is 1. The van der Waals surface area contributed by atoms with Crippen molar-refractivity contribution in [3.63, 3.8) is 0 Å². The van der Waals surface area contributed by atoms with Crippen LogP contribution >= 0.6 is 15.9 Å². The molecule has 0 saturated carbocycles. The molecule has 0 fully saturated rings. The topological polar surface area (TPSA) is 73.1 Å². The number of hydrogen-bond donors (Lipinski definition) is 1. The minimum atomic E-state index is -0.363. The molecular formula is C21H18BrFN2O4. The van der Waals surface area contributed by atoms with Gasteiger partial charge in [0.05, 0.1) is 29.6 Å². The Morgan fingerprint density at radius 2 is 2.03 bits per heavy atom. The van der Waals surface area contributed by atoms with Gasteiger partial charge in [0.25, 0.3) is 5.91 Å². The zero-order valence-electron chi connectivity index (χ0n) is 15.7.